The van der Waals surface area contributed by atoms with E-state index in [2.05, 4.69) is 11.9 Å². The first-order chi connectivity index (χ1) is 19.7. The molecule has 2 aliphatic rings. The zero-order valence-electron chi connectivity index (χ0n) is 22.4. The third kappa shape index (κ3) is 5.40. The molecule has 41 heavy (non-hydrogen) atoms. The molecular formula is C30H28N2O8S. The molecule has 212 valence electrons. The minimum Gasteiger partial charge on any atom is -0.500 e. The molecule has 2 aromatic carbocycles. The van der Waals surface area contributed by atoms with Gasteiger partial charge in [0, 0.05) is 46.2 Å². The summed E-state index contributed by atoms with van der Waals surface area (Å²) in [5.41, 5.74) is 1.65. The van der Waals surface area contributed by atoms with Gasteiger partial charge in [0.15, 0.2) is 11.5 Å². The summed E-state index contributed by atoms with van der Waals surface area (Å²) in [6.45, 7) is 4.06. The second-order valence-corrected chi connectivity index (χ2v) is 10.8. The van der Waals surface area contributed by atoms with Gasteiger partial charge in [0.25, 0.3) is 0 Å². The lowest BCUT2D eigenvalue weighted by atomic mass is 9.69. The summed E-state index contributed by atoms with van der Waals surface area (Å²) in [4.78, 5) is 39.6. The van der Waals surface area contributed by atoms with Crippen molar-refractivity contribution in [3.05, 3.63) is 104 Å². The normalized spacial score (nSPS) is 20.2. The molecule has 3 atom stereocenters. The summed E-state index contributed by atoms with van der Waals surface area (Å²) in [5.74, 6) is -3.06. The Labute approximate surface area is 240 Å². The van der Waals surface area contributed by atoms with Gasteiger partial charge >= 0.3 is 11.7 Å². The summed E-state index contributed by atoms with van der Waals surface area (Å²) in [6.07, 6.45) is 0.719. The number of phenolic OH excluding ortho intramolecular Hbond substituents is 1. The van der Waals surface area contributed by atoms with Crippen molar-refractivity contribution in [2.75, 3.05) is 14.2 Å². The number of rotatable bonds is 8. The van der Waals surface area contributed by atoms with Gasteiger partial charge in [0.1, 0.15) is 18.3 Å². The fraction of sp³-hybridized carbons (Fsp3) is 0.267. The number of nitro benzene ring substituents is 1. The second kappa shape index (κ2) is 11.5. The number of aromatic hydroxyl groups is 1. The van der Waals surface area contributed by atoms with Crippen LogP contribution in [0.1, 0.15) is 40.7 Å². The molecule has 5 rings (SSSR count). The van der Waals surface area contributed by atoms with Crippen molar-refractivity contribution in [3.8, 4) is 17.2 Å². The Morgan fingerprint density at radius 3 is 2.56 bits per heavy atom. The van der Waals surface area contributed by atoms with Crippen LogP contribution in [0.2, 0.25) is 0 Å². The molecule has 0 radical (unpaired) electrons. The fourth-order valence-electron chi connectivity index (χ4n) is 5.47. The molecule has 0 saturated carbocycles. The molecule has 0 amide bonds. The molecule has 10 nitrogen and oxygen atoms in total. The van der Waals surface area contributed by atoms with Crippen LogP contribution in [0.15, 0.2) is 77.5 Å². The number of nitrogens with zero attached hydrogens (tertiary/aromatic N) is 1. The zero-order valence-corrected chi connectivity index (χ0v) is 23.2. The number of ether oxygens (including phenoxy) is 3. The Balaban J connectivity index is 1.57. The van der Waals surface area contributed by atoms with Crippen molar-refractivity contribution in [2.45, 2.75) is 31.3 Å². The first kappa shape index (κ1) is 27.9. The number of allylic oxidation sites excluding steroid dienone is 2. The number of ketones is 1. The van der Waals surface area contributed by atoms with E-state index in [0.717, 1.165) is 10.4 Å². The average molecular weight is 577 g/mol. The average Bonchev–Trinajstić information content (AvgIpc) is 3.50. The monoisotopic (exact) mass is 576 g/mol. The van der Waals surface area contributed by atoms with Crippen molar-refractivity contribution in [2.24, 2.45) is 5.92 Å². The summed E-state index contributed by atoms with van der Waals surface area (Å²) < 4.78 is 16.1. The van der Waals surface area contributed by atoms with Gasteiger partial charge in [-0.1, -0.05) is 24.8 Å². The molecular weight excluding hydrogens is 548 g/mol. The Morgan fingerprint density at radius 1 is 1.17 bits per heavy atom. The lowest BCUT2D eigenvalue weighted by Gasteiger charge is -2.39. The molecule has 2 N–H and O–H groups in total. The van der Waals surface area contributed by atoms with Crippen molar-refractivity contribution >= 4 is 28.8 Å². The second-order valence-electron chi connectivity index (χ2n) is 9.85. The third-order valence-corrected chi connectivity index (χ3v) is 8.47. The van der Waals surface area contributed by atoms with Gasteiger partial charge < -0.3 is 24.6 Å². The predicted octanol–water partition coefficient (Wildman–Crippen LogP) is 5.34. The van der Waals surface area contributed by atoms with Gasteiger partial charge in [-0.25, -0.2) is 0 Å². The lowest BCUT2D eigenvalue weighted by molar-refractivity contribution is -0.386. The van der Waals surface area contributed by atoms with E-state index in [1.54, 1.807) is 42.7 Å². The number of hydrogen-bond donors (Lipinski definition) is 2. The number of carbonyl (C=O) groups excluding carboxylic acids is 2. The molecule has 0 spiro atoms. The number of methoxy groups -OCH3 is 2. The van der Waals surface area contributed by atoms with Gasteiger partial charge in [-0.2, -0.15) is 0 Å². The highest BCUT2D eigenvalue weighted by atomic mass is 32.1. The van der Waals surface area contributed by atoms with Gasteiger partial charge in [-0.05, 0) is 47.2 Å². The van der Waals surface area contributed by atoms with Crippen LogP contribution in [0.25, 0.3) is 0 Å². The first-order valence-electron chi connectivity index (χ1n) is 12.8. The lowest BCUT2D eigenvalue weighted by Crippen LogP contribution is -2.42. The number of esters is 1. The van der Waals surface area contributed by atoms with E-state index in [1.165, 1.54) is 19.2 Å². The van der Waals surface area contributed by atoms with E-state index in [9.17, 15) is 24.8 Å². The molecule has 0 saturated heterocycles. The maximum Gasteiger partial charge on any atom is 0.316 e. The minimum absolute atomic E-state index is 0.0430. The van der Waals surface area contributed by atoms with Gasteiger partial charge in [0.2, 0.25) is 5.75 Å². The van der Waals surface area contributed by atoms with E-state index in [4.69, 9.17) is 14.2 Å². The number of nitro groups is 1. The fourth-order valence-corrected chi connectivity index (χ4v) is 6.30. The van der Waals surface area contributed by atoms with Crippen LogP contribution in [0.5, 0.6) is 17.2 Å². The maximum atomic E-state index is 13.8. The predicted molar refractivity (Wildman–Crippen MR) is 151 cm³/mol. The number of hydrogen-bond acceptors (Lipinski definition) is 10. The number of benzene rings is 2. The van der Waals surface area contributed by atoms with Crippen molar-refractivity contribution in [1.29, 1.82) is 0 Å². The van der Waals surface area contributed by atoms with E-state index < -0.39 is 34.2 Å². The van der Waals surface area contributed by atoms with Crippen molar-refractivity contribution in [3.63, 3.8) is 0 Å². The van der Waals surface area contributed by atoms with Gasteiger partial charge in [0.05, 0.1) is 19.1 Å². The quantitative estimate of drug-likeness (QED) is 0.207. The summed E-state index contributed by atoms with van der Waals surface area (Å²) in [6, 6.07) is 13.5. The molecule has 1 aliphatic heterocycles. The van der Waals surface area contributed by atoms with Crippen LogP contribution in [-0.2, 0) is 20.9 Å². The standard InChI is InChI=1S/C30H28N2O8S/c1-16-26(30(35)40-15-17-6-8-20(38-2)9-7-17)27(19-12-22(32(36)37)29(34)24(14-19)39-3)28-21(31-16)11-18(13-23(28)33)25-5-4-10-41-25/h4-10,12,14,18,26-27,31,34H,1,11,13,15H2,2-3H3. The van der Waals surface area contributed by atoms with E-state index >= 15 is 0 Å². The SMILES string of the molecule is C=C1NC2=C(C(=O)CC(c3cccs3)C2)C(c2cc(OC)c(O)c([N+](=O)[O-])c2)C1C(=O)OCc1ccc(OC)cc1. The van der Waals surface area contributed by atoms with Crippen LogP contribution in [0.3, 0.4) is 0 Å². The first-order valence-corrected chi connectivity index (χ1v) is 13.7. The van der Waals surface area contributed by atoms with Crippen molar-refractivity contribution < 1.29 is 33.8 Å². The van der Waals surface area contributed by atoms with Crippen LogP contribution in [-0.4, -0.2) is 36.0 Å². The molecule has 0 bridgehead atoms. The zero-order chi connectivity index (χ0) is 29.3. The molecule has 1 aromatic heterocycles. The molecule has 11 heteroatoms. The minimum atomic E-state index is -1.08. The summed E-state index contributed by atoms with van der Waals surface area (Å²) in [7, 11) is 2.82. The molecule has 0 fully saturated rings. The number of carbonyl (C=O) groups is 2. The van der Waals surface area contributed by atoms with Crippen LogP contribution in [0.4, 0.5) is 5.69 Å². The number of thiophene rings is 1. The maximum absolute atomic E-state index is 13.8. The Hall–Kier alpha value is -4.64. The topological polar surface area (TPSA) is 137 Å². The number of phenols is 1. The Bertz CT molecular complexity index is 1550. The highest BCUT2D eigenvalue weighted by molar-refractivity contribution is 7.10. The highest BCUT2D eigenvalue weighted by Crippen LogP contribution is 2.50. The number of nitrogens with one attached hydrogen (secondary N) is 1. The molecule has 2 heterocycles. The smallest absolute Gasteiger partial charge is 0.316 e. The van der Waals surface area contributed by atoms with Crippen LogP contribution < -0.4 is 14.8 Å². The van der Waals surface area contributed by atoms with Gasteiger partial charge in [-0.3, -0.25) is 19.7 Å². The van der Waals surface area contributed by atoms with E-state index in [1.807, 2.05) is 17.5 Å². The van der Waals surface area contributed by atoms with Crippen LogP contribution in [0, 0.1) is 16.0 Å². The molecule has 3 unspecified atom stereocenters. The third-order valence-electron chi connectivity index (χ3n) is 7.43. The molecule has 3 aromatic rings. The summed E-state index contributed by atoms with van der Waals surface area (Å²) >= 11 is 1.57. The van der Waals surface area contributed by atoms with E-state index in [-0.39, 0.29) is 36.0 Å². The summed E-state index contributed by atoms with van der Waals surface area (Å²) in [5, 5.41) is 27.4. The van der Waals surface area contributed by atoms with Crippen molar-refractivity contribution in [1.82, 2.24) is 5.32 Å². The largest absolute Gasteiger partial charge is 0.500 e. The highest BCUT2D eigenvalue weighted by Gasteiger charge is 2.46. The number of Topliss-reactive ketones (excluding diaryl/α,β-unsaturated/α-hetero) is 1. The van der Waals surface area contributed by atoms with E-state index in [0.29, 0.717) is 29.1 Å². The Morgan fingerprint density at radius 2 is 1.93 bits per heavy atom. The van der Waals surface area contributed by atoms with Gasteiger partial charge in [-0.15, -0.1) is 11.3 Å². The molecule has 1 aliphatic carbocycles. The van der Waals surface area contributed by atoms with Crippen LogP contribution >= 0.6 is 11.3 Å². The Kier molecular flexibility index (Phi) is 7.80.